The van der Waals surface area contributed by atoms with Gasteiger partial charge in [0.25, 0.3) is 0 Å². The number of para-hydroxylation sites is 1. The predicted molar refractivity (Wildman–Crippen MR) is 84.4 cm³/mol. The number of hydrogen-bond acceptors (Lipinski definition) is 3. The van der Waals surface area contributed by atoms with Crippen LogP contribution in [0.2, 0.25) is 0 Å². The molecule has 0 spiro atoms. The summed E-state index contributed by atoms with van der Waals surface area (Å²) >= 11 is 0. The Morgan fingerprint density at radius 3 is 2.81 bits per heavy atom. The van der Waals surface area contributed by atoms with E-state index in [0.717, 1.165) is 43.5 Å². The van der Waals surface area contributed by atoms with E-state index in [1.165, 1.54) is 0 Å². The standard InChI is InChI=1S/C17H26N2O2/c1-4-14(13-9-5-6-10-15(13)21-3)19-16(20)17(2)11-7-8-12-18-17/h5-6,9-10,14,18H,4,7-8,11-12H2,1-3H3,(H,19,20). The number of ether oxygens (including phenoxy) is 1. The molecule has 2 rings (SSSR count). The number of carbonyl (C=O) groups is 1. The summed E-state index contributed by atoms with van der Waals surface area (Å²) in [6.07, 6.45) is 3.97. The van der Waals surface area contributed by atoms with E-state index in [0.29, 0.717) is 0 Å². The van der Waals surface area contributed by atoms with E-state index in [9.17, 15) is 4.79 Å². The molecule has 2 N–H and O–H groups in total. The highest BCUT2D eigenvalue weighted by Crippen LogP contribution is 2.28. The molecule has 4 heteroatoms. The Morgan fingerprint density at radius 1 is 1.43 bits per heavy atom. The van der Waals surface area contributed by atoms with Crippen molar-refractivity contribution in [1.82, 2.24) is 10.6 Å². The van der Waals surface area contributed by atoms with Crippen LogP contribution >= 0.6 is 0 Å². The van der Waals surface area contributed by atoms with Crippen LogP contribution < -0.4 is 15.4 Å². The fourth-order valence-corrected chi connectivity index (χ4v) is 2.92. The number of piperidine rings is 1. The van der Waals surface area contributed by atoms with E-state index in [1.54, 1.807) is 7.11 Å². The van der Waals surface area contributed by atoms with Gasteiger partial charge in [-0.1, -0.05) is 25.1 Å². The molecular formula is C17H26N2O2. The summed E-state index contributed by atoms with van der Waals surface area (Å²) in [5.41, 5.74) is 0.587. The number of methoxy groups -OCH3 is 1. The van der Waals surface area contributed by atoms with Crippen LogP contribution in [0.1, 0.15) is 51.1 Å². The number of hydrogen-bond donors (Lipinski definition) is 2. The molecule has 0 bridgehead atoms. The Labute approximate surface area is 127 Å². The monoisotopic (exact) mass is 290 g/mol. The van der Waals surface area contributed by atoms with Crippen LogP contribution in [-0.4, -0.2) is 25.1 Å². The second kappa shape index (κ2) is 6.94. The summed E-state index contributed by atoms with van der Waals surface area (Å²) in [5.74, 6) is 0.909. The molecule has 4 nitrogen and oxygen atoms in total. The highest BCUT2D eigenvalue weighted by atomic mass is 16.5. The van der Waals surface area contributed by atoms with Crippen molar-refractivity contribution in [3.8, 4) is 5.75 Å². The molecule has 1 heterocycles. The van der Waals surface area contributed by atoms with Crippen molar-refractivity contribution < 1.29 is 9.53 Å². The van der Waals surface area contributed by atoms with Gasteiger partial charge in [-0.3, -0.25) is 4.79 Å². The number of carbonyl (C=O) groups excluding carboxylic acids is 1. The molecule has 21 heavy (non-hydrogen) atoms. The van der Waals surface area contributed by atoms with Crippen LogP contribution in [0, 0.1) is 0 Å². The van der Waals surface area contributed by atoms with Gasteiger partial charge in [0.05, 0.1) is 18.7 Å². The van der Waals surface area contributed by atoms with E-state index in [2.05, 4.69) is 17.6 Å². The van der Waals surface area contributed by atoms with Crippen molar-refractivity contribution >= 4 is 5.91 Å². The zero-order chi connectivity index (χ0) is 15.3. The highest BCUT2D eigenvalue weighted by Gasteiger charge is 2.35. The first-order chi connectivity index (χ1) is 10.1. The third kappa shape index (κ3) is 3.56. The van der Waals surface area contributed by atoms with Crippen molar-refractivity contribution in [2.75, 3.05) is 13.7 Å². The molecule has 1 saturated heterocycles. The van der Waals surface area contributed by atoms with Gasteiger partial charge in [0, 0.05) is 5.56 Å². The van der Waals surface area contributed by atoms with Gasteiger partial charge in [0.15, 0.2) is 0 Å². The number of benzene rings is 1. The molecule has 116 valence electrons. The molecule has 1 aliphatic heterocycles. The molecule has 0 radical (unpaired) electrons. The molecule has 0 aromatic heterocycles. The molecule has 1 aromatic carbocycles. The third-order valence-electron chi connectivity index (χ3n) is 4.35. The van der Waals surface area contributed by atoms with Crippen LogP contribution in [0.15, 0.2) is 24.3 Å². The first-order valence-electron chi connectivity index (χ1n) is 7.79. The van der Waals surface area contributed by atoms with E-state index in [-0.39, 0.29) is 11.9 Å². The fraction of sp³-hybridized carbons (Fsp3) is 0.588. The molecular weight excluding hydrogens is 264 g/mol. The summed E-state index contributed by atoms with van der Waals surface area (Å²) in [6, 6.07) is 7.86. The quantitative estimate of drug-likeness (QED) is 0.876. The van der Waals surface area contributed by atoms with Crippen LogP contribution in [0.5, 0.6) is 5.75 Å². The summed E-state index contributed by atoms with van der Waals surface area (Å²) in [4.78, 5) is 12.6. The smallest absolute Gasteiger partial charge is 0.240 e. The molecule has 1 aliphatic rings. The van der Waals surface area contributed by atoms with Crippen molar-refractivity contribution in [3.63, 3.8) is 0 Å². The predicted octanol–water partition coefficient (Wildman–Crippen LogP) is 2.79. The normalized spacial score (nSPS) is 23.4. The van der Waals surface area contributed by atoms with E-state index in [1.807, 2.05) is 31.2 Å². The van der Waals surface area contributed by atoms with Gasteiger partial charge in [-0.2, -0.15) is 0 Å². The second-order valence-corrected chi connectivity index (χ2v) is 5.89. The van der Waals surface area contributed by atoms with Gasteiger partial charge in [-0.15, -0.1) is 0 Å². The fourth-order valence-electron chi connectivity index (χ4n) is 2.92. The summed E-state index contributed by atoms with van der Waals surface area (Å²) < 4.78 is 5.41. The van der Waals surface area contributed by atoms with Crippen LogP contribution in [0.25, 0.3) is 0 Å². The van der Waals surface area contributed by atoms with Crippen molar-refractivity contribution in [3.05, 3.63) is 29.8 Å². The Hall–Kier alpha value is -1.55. The second-order valence-electron chi connectivity index (χ2n) is 5.89. The molecule has 0 aliphatic carbocycles. The molecule has 1 aromatic rings. The molecule has 1 amide bonds. The van der Waals surface area contributed by atoms with E-state index < -0.39 is 5.54 Å². The van der Waals surface area contributed by atoms with Gasteiger partial charge in [-0.05, 0) is 45.2 Å². The first kappa shape index (κ1) is 15.8. The van der Waals surface area contributed by atoms with Crippen molar-refractivity contribution in [2.45, 2.75) is 51.1 Å². The Kier molecular flexibility index (Phi) is 5.23. The molecule has 0 saturated carbocycles. The number of amides is 1. The lowest BCUT2D eigenvalue weighted by Crippen LogP contribution is -2.57. The highest BCUT2D eigenvalue weighted by molar-refractivity contribution is 5.86. The molecule has 1 fully saturated rings. The van der Waals surface area contributed by atoms with E-state index in [4.69, 9.17) is 4.74 Å². The zero-order valence-corrected chi connectivity index (χ0v) is 13.2. The summed E-state index contributed by atoms with van der Waals surface area (Å²) in [6.45, 7) is 4.99. The Bertz CT molecular complexity index is 481. The average Bonchev–Trinajstić information content (AvgIpc) is 2.53. The summed E-state index contributed by atoms with van der Waals surface area (Å²) in [5, 5.41) is 6.55. The topological polar surface area (TPSA) is 50.4 Å². The van der Waals surface area contributed by atoms with Gasteiger partial charge in [0.2, 0.25) is 5.91 Å². The molecule has 2 atom stereocenters. The molecule has 2 unspecified atom stereocenters. The zero-order valence-electron chi connectivity index (χ0n) is 13.2. The lowest BCUT2D eigenvalue weighted by Gasteiger charge is -2.35. The van der Waals surface area contributed by atoms with Gasteiger partial charge >= 0.3 is 0 Å². The maximum atomic E-state index is 12.6. The van der Waals surface area contributed by atoms with Crippen LogP contribution in [0.4, 0.5) is 0 Å². The largest absolute Gasteiger partial charge is 0.496 e. The Balaban J connectivity index is 2.13. The van der Waals surface area contributed by atoms with Gasteiger partial charge in [-0.25, -0.2) is 0 Å². The van der Waals surface area contributed by atoms with Crippen LogP contribution in [0.3, 0.4) is 0 Å². The lowest BCUT2D eigenvalue weighted by atomic mass is 9.89. The SMILES string of the molecule is CCC(NC(=O)C1(C)CCCCN1)c1ccccc1OC. The Morgan fingerprint density at radius 2 is 2.19 bits per heavy atom. The first-order valence-corrected chi connectivity index (χ1v) is 7.79. The van der Waals surface area contributed by atoms with E-state index >= 15 is 0 Å². The number of rotatable bonds is 5. The maximum Gasteiger partial charge on any atom is 0.240 e. The minimum Gasteiger partial charge on any atom is -0.496 e. The average molecular weight is 290 g/mol. The van der Waals surface area contributed by atoms with Crippen molar-refractivity contribution in [2.24, 2.45) is 0 Å². The van der Waals surface area contributed by atoms with Crippen molar-refractivity contribution in [1.29, 1.82) is 0 Å². The number of nitrogens with one attached hydrogen (secondary N) is 2. The van der Waals surface area contributed by atoms with Gasteiger partial charge in [0.1, 0.15) is 5.75 Å². The maximum absolute atomic E-state index is 12.6. The van der Waals surface area contributed by atoms with Crippen LogP contribution in [-0.2, 0) is 4.79 Å². The van der Waals surface area contributed by atoms with Gasteiger partial charge < -0.3 is 15.4 Å². The lowest BCUT2D eigenvalue weighted by molar-refractivity contribution is -0.128. The minimum atomic E-state index is -0.451. The minimum absolute atomic E-state index is 0.0193. The third-order valence-corrected chi connectivity index (χ3v) is 4.35. The summed E-state index contributed by atoms with van der Waals surface area (Å²) in [7, 11) is 1.66.